The maximum absolute atomic E-state index is 11.8. The molecule has 6 heteroatoms. The highest BCUT2D eigenvalue weighted by Gasteiger charge is 2.17. The van der Waals surface area contributed by atoms with E-state index in [0.29, 0.717) is 6.42 Å². The second-order valence-corrected chi connectivity index (χ2v) is 4.27. The van der Waals surface area contributed by atoms with Crippen LogP contribution < -0.4 is 11.1 Å². The summed E-state index contributed by atoms with van der Waals surface area (Å²) in [7, 11) is 0. The maximum Gasteiger partial charge on any atom is 0.337 e. The molecule has 5 N–H and O–H groups in total. The van der Waals surface area contributed by atoms with Gasteiger partial charge in [-0.15, -0.1) is 0 Å². The van der Waals surface area contributed by atoms with Gasteiger partial charge in [-0.25, -0.2) is 4.79 Å². The molecule has 0 spiro atoms. The molecule has 0 heterocycles. The van der Waals surface area contributed by atoms with Crippen molar-refractivity contribution in [3.05, 3.63) is 23.8 Å². The van der Waals surface area contributed by atoms with Gasteiger partial charge in [-0.2, -0.15) is 0 Å². The van der Waals surface area contributed by atoms with Gasteiger partial charge in [0.2, 0.25) is 5.91 Å². The van der Waals surface area contributed by atoms with Gasteiger partial charge >= 0.3 is 5.97 Å². The Morgan fingerprint density at radius 2 is 2.11 bits per heavy atom. The van der Waals surface area contributed by atoms with Crippen molar-refractivity contribution in [3.8, 4) is 5.75 Å². The van der Waals surface area contributed by atoms with Crippen LogP contribution in [0, 0.1) is 0 Å². The third-order valence-corrected chi connectivity index (χ3v) is 2.70. The Balaban J connectivity index is 2.81. The Morgan fingerprint density at radius 3 is 2.68 bits per heavy atom. The number of phenolic OH excluding ortho intramolecular Hbond substituents is 1. The molecule has 104 valence electrons. The first-order chi connectivity index (χ1) is 8.95. The number of nitrogens with two attached hydrogens (primary N) is 1. The van der Waals surface area contributed by atoms with Gasteiger partial charge in [-0.3, -0.25) is 4.79 Å². The van der Waals surface area contributed by atoms with Gasteiger partial charge in [0.15, 0.2) is 0 Å². The molecule has 1 aromatic carbocycles. The van der Waals surface area contributed by atoms with E-state index in [4.69, 9.17) is 10.8 Å². The van der Waals surface area contributed by atoms with Gasteiger partial charge < -0.3 is 21.3 Å². The lowest BCUT2D eigenvalue weighted by Gasteiger charge is -2.13. The molecule has 1 atom stereocenters. The molecule has 0 radical (unpaired) electrons. The van der Waals surface area contributed by atoms with Gasteiger partial charge in [0.25, 0.3) is 0 Å². The van der Waals surface area contributed by atoms with E-state index in [0.717, 1.165) is 18.9 Å². The lowest BCUT2D eigenvalue weighted by molar-refractivity contribution is -0.117. The lowest BCUT2D eigenvalue weighted by atomic mass is 10.1. The van der Waals surface area contributed by atoms with Crippen molar-refractivity contribution in [2.24, 2.45) is 5.73 Å². The van der Waals surface area contributed by atoms with E-state index in [2.05, 4.69) is 5.32 Å². The monoisotopic (exact) mass is 266 g/mol. The van der Waals surface area contributed by atoms with Crippen molar-refractivity contribution < 1.29 is 19.8 Å². The largest absolute Gasteiger partial charge is 0.508 e. The quantitative estimate of drug-likeness (QED) is 0.583. The standard InChI is InChI=1S/C13H18N2O4/c1-2-3-4-10(14)12(17)15-11-6-5-8(16)7-9(11)13(18)19/h5-7,10,16H,2-4,14H2,1H3,(H,15,17)(H,18,19). The van der Waals surface area contributed by atoms with Crippen LogP contribution in [-0.4, -0.2) is 28.1 Å². The average Bonchev–Trinajstić information content (AvgIpc) is 2.37. The second kappa shape index (κ2) is 6.75. The minimum Gasteiger partial charge on any atom is -0.508 e. The van der Waals surface area contributed by atoms with Crippen LogP contribution in [0.25, 0.3) is 0 Å². The Bertz CT molecular complexity index is 474. The zero-order valence-corrected chi connectivity index (χ0v) is 10.7. The Morgan fingerprint density at radius 1 is 1.42 bits per heavy atom. The normalized spacial score (nSPS) is 11.9. The number of amides is 1. The summed E-state index contributed by atoms with van der Waals surface area (Å²) < 4.78 is 0. The van der Waals surface area contributed by atoms with Crippen LogP contribution in [-0.2, 0) is 4.79 Å². The van der Waals surface area contributed by atoms with E-state index in [-0.39, 0.29) is 17.0 Å². The molecule has 1 aromatic rings. The Kier molecular flexibility index (Phi) is 5.32. The van der Waals surface area contributed by atoms with Gasteiger partial charge in [0.1, 0.15) is 5.75 Å². The highest BCUT2D eigenvalue weighted by molar-refractivity contribution is 6.02. The summed E-state index contributed by atoms with van der Waals surface area (Å²) in [5.74, 6) is -1.83. The number of hydrogen-bond acceptors (Lipinski definition) is 4. The zero-order valence-electron chi connectivity index (χ0n) is 10.7. The number of rotatable bonds is 6. The summed E-state index contributed by atoms with van der Waals surface area (Å²) in [6, 6.07) is 3.05. The lowest BCUT2D eigenvalue weighted by Crippen LogP contribution is -2.35. The SMILES string of the molecule is CCCCC(N)C(=O)Nc1ccc(O)cc1C(=O)O. The van der Waals surface area contributed by atoms with Crippen LogP contribution in [0.4, 0.5) is 5.69 Å². The molecule has 1 unspecified atom stereocenters. The van der Waals surface area contributed by atoms with E-state index in [1.807, 2.05) is 6.92 Å². The number of phenols is 1. The van der Waals surface area contributed by atoms with Crippen LogP contribution in [0.5, 0.6) is 5.75 Å². The van der Waals surface area contributed by atoms with Crippen molar-refractivity contribution >= 4 is 17.6 Å². The Labute approximate surface area is 111 Å². The predicted molar refractivity (Wildman–Crippen MR) is 71.2 cm³/mol. The number of carboxylic acids is 1. The first-order valence-corrected chi connectivity index (χ1v) is 6.08. The molecule has 0 fully saturated rings. The minimum atomic E-state index is -1.23. The molecule has 1 amide bonds. The number of nitrogens with one attached hydrogen (secondary N) is 1. The minimum absolute atomic E-state index is 0.127. The average molecular weight is 266 g/mol. The first-order valence-electron chi connectivity index (χ1n) is 6.08. The highest BCUT2D eigenvalue weighted by atomic mass is 16.4. The summed E-state index contributed by atoms with van der Waals surface area (Å²) in [5, 5.41) is 20.7. The molecule has 19 heavy (non-hydrogen) atoms. The number of hydrogen-bond donors (Lipinski definition) is 4. The van der Waals surface area contributed by atoms with Gasteiger partial charge in [0, 0.05) is 0 Å². The third-order valence-electron chi connectivity index (χ3n) is 2.70. The predicted octanol–water partition coefficient (Wildman–Crippen LogP) is 1.55. The maximum atomic E-state index is 11.8. The van der Waals surface area contributed by atoms with Crippen LogP contribution in [0.2, 0.25) is 0 Å². The third kappa shape index (κ3) is 4.26. The fourth-order valence-electron chi connectivity index (χ4n) is 1.60. The van der Waals surface area contributed by atoms with E-state index in [9.17, 15) is 14.7 Å². The highest BCUT2D eigenvalue weighted by Crippen LogP contribution is 2.21. The molecule has 0 aliphatic carbocycles. The number of aromatic carboxylic acids is 1. The molecular weight excluding hydrogens is 248 g/mol. The summed E-state index contributed by atoms with van der Waals surface area (Å²) in [6.45, 7) is 1.99. The summed E-state index contributed by atoms with van der Waals surface area (Å²) in [5.41, 5.74) is 5.66. The fourth-order valence-corrected chi connectivity index (χ4v) is 1.60. The zero-order chi connectivity index (χ0) is 14.4. The molecule has 6 nitrogen and oxygen atoms in total. The number of unbranched alkanes of at least 4 members (excludes halogenated alkanes) is 1. The van der Waals surface area contributed by atoms with Gasteiger partial charge in [-0.05, 0) is 24.6 Å². The van der Waals surface area contributed by atoms with E-state index >= 15 is 0 Å². The molecule has 0 aromatic heterocycles. The van der Waals surface area contributed by atoms with Crippen molar-refractivity contribution in [3.63, 3.8) is 0 Å². The summed E-state index contributed by atoms with van der Waals surface area (Å²) >= 11 is 0. The van der Waals surface area contributed by atoms with Crippen LogP contribution in [0.15, 0.2) is 18.2 Å². The van der Waals surface area contributed by atoms with Crippen molar-refractivity contribution in [1.82, 2.24) is 0 Å². The van der Waals surface area contributed by atoms with Crippen molar-refractivity contribution in [2.75, 3.05) is 5.32 Å². The van der Waals surface area contributed by atoms with Gasteiger partial charge in [0.05, 0.1) is 17.3 Å². The van der Waals surface area contributed by atoms with Gasteiger partial charge in [-0.1, -0.05) is 19.8 Å². The molecule has 1 rings (SSSR count). The molecule has 0 saturated heterocycles. The topological polar surface area (TPSA) is 113 Å². The number of carbonyl (C=O) groups excluding carboxylic acids is 1. The van der Waals surface area contributed by atoms with E-state index in [1.54, 1.807) is 0 Å². The number of aromatic hydroxyl groups is 1. The molecule has 0 aliphatic heterocycles. The van der Waals surface area contributed by atoms with E-state index < -0.39 is 17.9 Å². The van der Waals surface area contributed by atoms with Crippen LogP contribution >= 0.6 is 0 Å². The first kappa shape index (κ1) is 15.0. The van der Waals surface area contributed by atoms with Crippen molar-refractivity contribution in [2.45, 2.75) is 32.2 Å². The summed E-state index contributed by atoms with van der Waals surface area (Å²) in [4.78, 5) is 22.8. The number of carbonyl (C=O) groups is 2. The fraction of sp³-hybridized carbons (Fsp3) is 0.385. The molecule has 0 bridgehead atoms. The van der Waals surface area contributed by atoms with Crippen LogP contribution in [0.1, 0.15) is 36.5 Å². The number of anilines is 1. The molecular formula is C13H18N2O4. The molecule has 0 aliphatic rings. The molecule has 0 saturated carbocycles. The second-order valence-electron chi connectivity index (χ2n) is 4.27. The van der Waals surface area contributed by atoms with E-state index in [1.165, 1.54) is 12.1 Å². The summed E-state index contributed by atoms with van der Waals surface area (Å²) in [6.07, 6.45) is 2.30. The Hall–Kier alpha value is -2.08. The smallest absolute Gasteiger partial charge is 0.337 e. The number of carboxylic acid groups (broad SMARTS) is 1. The van der Waals surface area contributed by atoms with Crippen molar-refractivity contribution in [1.29, 1.82) is 0 Å². The van der Waals surface area contributed by atoms with Crippen LogP contribution in [0.3, 0.4) is 0 Å². The number of benzene rings is 1.